The number of rotatable bonds is 2. The fraction of sp³-hybridized carbons (Fsp3) is 0.105. The van der Waals surface area contributed by atoms with E-state index in [4.69, 9.17) is 24.5 Å². The normalized spacial score (nSPS) is 15.5. The van der Waals surface area contributed by atoms with E-state index in [9.17, 15) is 0 Å². The average Bonchev–Trinajstić information content (AvgIpc) is 2.55. The van der Waals surface area contributed by atoms with E-state index in [-0.39, 0.29) is 0 Å². The Kier molecular flexibility index (Phi) is 4.00. The van der Waals surface area contributed by atoms with E-state index < -0.39 is 0 Å². The molecule has 0 saturated heterocycles. The van der Waals surface area contributed by atoms with Gasteiger partial charge in [0.25, 0.3) is 0 Å². The molecule has 1 aliphatic carbocycles. The minimum atomic E-state index is 0.800. The molecule has 0 bridgehead atoms. The molecule has 2 nitrogen and oxygen atoms in total. The Morgan fingerprint density at radius 3 is 2.27 bits per heavy atom. The molecule has 2 aromatic rings. The van der Waals surface area contributed by atoms with Gasteiger partial charge in [-0.25, -0.2) is 0 Å². The van der Waals surface area contributed by atoms with Gasteiger partial charge in [0.05, 0.1) is 0 Å². The molecule has 0 N–H and O–H groups in total. The van der Waals surface area contributed by atoms with Crippen molar-refractivity contribution in [3.8, 4) is 11.5 Å². The van der Waals surface area contributed by atoms with E-state index in [1.807, 2.05) is 36.4 Å². The summed E-state index contributed by atoms with van der Waals surface area (Å²) in [6.45, 7) is 4.11. The van der Waals surface area contributed by atoms with Crippen LogP contribution in [0.1, 0.15) is 11.1 Å². The molecule has 0 spiro atoms. The number of hydrogen-bond acceptors (Lipinski definition) is 2. The first-order valence-electron chi connectivity index (χ1n) is 6.87. The van der Waals surface area contributed by atoms with Crippen LogP contribution in [0.2, 0.25) is 0 Å². The summed E-state index contributed by atoms with van der Waals surface area (Å²) < 4.78 is 11.4. The van der Waals surface area contributed by atoms with Gasteiger partial charge in [-0.1, -0.05) is 0 Å². The van der Waals surface area contributed by atoms with Crippen LogP contribution in [0.3, 0.4) is 0 Å². The van der Waals surface area contributed by atoms with Gasteiger partial charge in [-0.2, -0.15) is 0 Å². The molecular weight excluding hydrogens is 319 g/mol. The van der Waals surface area contributed by atoms with Crippen LogP contribution in [-0.2, 0) is 15.0 Å². The fourth-order valence-electron chi connectivity index (χ4n) is 2.54. The summed E-state index contributed by atoms with van der Waals surface area (Å²) in [5.74, 6) is 1.64. The van der Waals surface area contributed by atoms with Crippen molar-refractivity contribution in [3.05, 3.63) is 64.0 Å². The van der Waals surface area contributed by atoms with E-state index in [0.29, 0.717) is 0 Å². The van der Waals surface area contributed by atoms with Crippen molar-refractivity contribution in [2.24, 2.45) is 0 Å². The molecule has 0 atom stereocenters. The summed E-state index contributed by atoms with van der Waals surface area (Å²) in [4.78, 5) is 0. The Bertz CT molecular complexity index is 894. The third kappa shape index (κ3) is 2.53. The van der Waals surface area contributed by atoms with E-state index in [0.717, 1.165) is 43.1 Å². The van der Waals surface area contributed by atoms with E-state index in [1.54, 1.807) is 14.2 Å². The summed E-state index contributed by atoms with van der Waals surface area (Å²) in [6.07, 6.45) is 4.12. The van der Waals surface area contributed by atoms with Crippen molar-refractivity contribution in [2.45, 2.75) is 0 Å². The zero-order valence-electron chi connectivity index (χ0n) is 12.5. The molecule has 3 rings (SSSR count). The Hall–Kier alpha value is -2.12. The van der Waals surface area contributed by atoms with Gasteiger partial charge in [-0.05, 0) is 0 Å². The molecule has 22 heavy (non-hydrogen) atoms. The number of benzene rings is 2. The SMILES string of the molecule is C=c1cc(OC)cc/c1=C1\C=Cc2cc(OC)ccc2[C]1=[Ni]. The minimum absolute atomic E-state index is 0.800. The summed E-state index contributed by atoms with van der Waals surface area (Å²) in [6, 6.07) is 11.8. The monoisotopic (exact) mass is 334 g/mol. The van der Waals surface area contributed by atoms with Gasteiger partial charge in [0.1, 0.15) is 0 Å². The number of allylic oxidation sites excluding steroid dienone is 1. The zero-order valence-corrected chi connectivity index (χ0v) is 13.4. The molecule has 0 aliphatic heterocycles. The van der Waals surface area contributed by atoms with E-state index in [1.165, 1.54) is 0 Å². The Morgan fingerprint density at radius 2 is 1.59 bits per heavy atom. The maximum absolute atomic E-state index is 5.32. The van der Waals surface area contributed by atoms with Gasteiger partial charge in [0.15, 0.2) is 0 Å². The molecular formula is C19H16NiO2. The van der Waals surface area contributed by atoms with Crippen LogP contribution in [-0.4, -0.2) is 18.7 Å². The second-order valence-electron chi connectivity index (χ2n) is 5.01. The Balaban J connectivity index is 2.19. The zero-order chi connectivity index (χ0) is 15.7. The molecule has 0 amide bonds. The molecule has 2 aromatic carbocycles. The second-order valence-corrected chi connectivity index (χ2v) is 5.50. The number of ether oxygens (including phenoxy) is 2. The summed E-state index contributed by atoms with van der Waals surface area (Å²) >= 11 is 5.32. The third-order valence-corrected chi connectivity index (χ3v) is 4.26. The summed E-state index contributed by atoms with van der Waals surface area (Å²) in [5, 5.41) is 1.95. The van der Waals surface area contributed by atoms with Gasteiger partial charge in [-0.3, -0.25) is 0 Å². The quantitative estimate of drug-likeness (QED) is 0.783. The Morgan fingerprint density at radius 1 is 0.909 bits per heavy atom. The first-order chi connectivity index (χ1) is 10.6. The van der Waals surface area contributed by atoms with Gasteiger partial charge in [0.2, 0.25) is 0 Å². The first-order valence-corrected chi connectivity index (χ1v) is 7.37. The molecule has 114 valence electrons. The van der Waals surface area contributed by atoms with Crippen LogP contribution >= 0.6 is 0 Å². The molecule has 0 unspecified atom stereocenters. The van der Waals surface area contributed by atoms with Crippen LogP contribution in [0.5, 0.6) is 11.5 Å². The van der Waals surface area contributed by atoms with Crippen molar-refractivity contribution in [2.75, 3.05) is 14.2 Å². The van der Waals surface area contributed by atoms with Crippen molar-refractivity contribution >= 4 is 22.7 Å². The topological polar surface area (TPSA) is 18.5 Å². The van der Waals surface area contributed by atoms with Crippen LogP contribution in [0.15, 0.2) is 42.5 Å². The fourth-order valence-corrected chi connectivity index (χ4v) is 2.98. The predicted octanol–water partition coefficient (Wildman–Crippen LogP) is 2.06. The van der Waals surface area contributed by atoms with Gasteiger partial charge >= 0.3 is 137 Å². The van der Waals surface area contributed by atoms with Crippen molar-refractivity contribution < 1.29 is 24.5 Å². The second kappa shape index (κ2) is 5.94. The number of methoxy groups -OCH3 is 2. The Labute approximate surface area is 137 Å². The van der Waals surface area contributed by atoms with Crippen molar-refractivity contribution in [1.29, 1.82) is 0 Å². The van der Waals surface area contributed by atoms with E-state index in [2.05, 4.69) is 18.7 Å². The molecule has 1 aliphatic rings. The van der Waals surface area contributed by atoms with Crippen LogP contribution in [0.4, 0.5) is 0 Å². The third-order valence-electron chi connectivity index (χ3n) is 3.73. The van der Waals surface area contributed by atoms with Crippen molar-refractivity contribution in [1.82, 2.24) is 0 Å². The molecule has 0 heterocycles. The molecule has 0 radical (unpaired) electrons. The average molecular weight is 335 g/mol. The van der Waals surface area contributed by atoms with Gasteiger partial charge < -0.3 is 0 Å². The first kappa shape index (κ1) is 14.8. The maximum atomic E-state index is 5.32. The standard InChI is InChI=1S/C19H16O2.Ni/c1-13-10-17(20-2)8-9-19(13)16-5-4-15-12-18(21-3)7-6-14(15)11-16;/h4-10,12H,1H2,2-3H3;/b19-16-;. The van der Waals surface area contributed by atoms with Gasteiger partial charge in [-0.15, -0.1) is 0 Å². The molecule has 3 heteroatoms. The molecule has 0 aromatic heterocycles. The van der Waals surface area contributed by atoms with Crippen LogP contribution in [0, 0.1) is 0 Å². The van der Waals surface area contributed by atoms with Crippen molar-refractivity contribution in [3.63, 3.8) is 0 Å². The summed E-state index contributed by atoms with van der Waals surface area (Å²) in [7, 11) is 3.32. The molecule has 0 fully saturated rings. The van der Waals surface area contributed by atoms with Crippen LogP contribution < -0.4 is 19.9 Å². The summed E-state index contributed by atoms with van der Waals surface area (Å²) in [5.41, 5.74) is 3.18. The van der Waals surface area contributed by atoms with Crippen LogP contribution in [0.25, 0.3) is 18.2 Å². The van der Waals surface area contributed by atoms with Gasteiger partial charge in [0, 0.05) is 0 Å². The van der Waals surface area contributed by atoms with E-state index >= 15 is 0 Å². The predicted molar refractivity (Wildman–Crippen MR) is 87.3 cm³/mol. The molecule has 0 saturated carbocycles. The number of fused-ring (bicyclic) bond motifs is 1. The number of hydrogen-bond donors (Lipinski definition) is 0.